The summed E-state index contributed by atoms with van der Waals surface area (Å²) in [5.74, 6) is -1.23. The van der Waals surface area contributed by atoms with Crippen LogP contribution in [0.5, 0.6) is 0 Å². The topological polar surface area (TPSA) is 81.2 Å². The molecule has 0 aliphatic carbocycles. The predicted octanol–water partition coefficient (Wildman–Crippen LogP) is 1.18. The maximum absolute atomic E-state index is 13.7. The summed E-state index contributed by atoms with van der Waals surface area (Å²) in [6, 6.07) is 5.74. The van der Waals surface area contributed by atoms with E-state index in [1.807, 2.05) is 4.98 Å². The van der Waals surface area contributed by atoms with Gasteiger partial charge in [-0.1, -0.05) is 12.1 Å². The Hall–Kier alpha value is -2.22. The smallest absolute Gasteiger partial charge is 0.328 e. The van der Waals surface area contributed by atoms with Crippen LogP contribution in [-0.2, 0) is 22.7 Å². The molecule has 0 atom stereocenters. The molecule has 0 amide bonds. The number of aromatic nitrogens is 2. The van der Waals surface area contributed by atoms with Crippen molar-refractivity contribution in [3.05, 3.63) is 67.2 Å². The predicted molar refractivity (Wildman–Crippen MR) is 75.2 cm³/mol. The van der Waals surface area contributed by atoms with E-state index in [4.69, 9.17) is 4.74 Å². The van der Waals surface area contributed by atoms with Crippen LogP contribution in [-0.4, -0.2) is 15.5 Å². The first-order chi connectivity index (χ1) is 9.97. The first-order valence-electron chi connectivity index (χ1n) is 5.85. The van der Waals surface area contributed by atoms with Crippen LogP contribution in [0.3, 0.4) is 0 Å². The van der Waals surface area contributed by atoms with Crippen molar-refractivity contribution < 1.29 is 13.9 Å². The molecule has 1 heterocycles. The number of hydrogen-bond donors (Lipinski definition) is 1. The van der Waals surface area contributed by atoms with Crippen molar-refractivity contribution in [2.75, 3.05) is 0 Å². The monoisotopic (exact) mass is 356 g/mol. The minimum Gasteiger partial charge on any atom is -0.459 e. The van der Waals surface area contributed by atoms with Crippen LogP contribution in [0.2, 0.25) is 0 Å². The molecular weight excluding hydrogens is 347 g/mol. The first-order valence-corrected chi connectivity index (χ1v) is 6.65. The van der Waals surface area contributed by atoms with Crippen LogP contribution in [0.15, 0.2) is 44.5 Å². The van der Waals surface area contributed by atoms with Crippen LogP contribution >= 0.6 is 15.9 Å². The summed E-state index contributed by atoms with van der Waals surface area (Å²) in [4.78, 5) is 35.9. The molecule has 1 aromatic heterocycles. The van der Waals surface area contributed by atoms with Crippen LogP contribution < -0.4 is 11.2 Å². The van der Waals surface area contributed by atoms with E-state index in [1.165, 1.54) is 18.3 Å². The molecule has 0 bridgehead atoms. The molecule has 2 aromatic rings. The number of carbonyl (C=O) groups excluding carboxylic acids is 1. The van der Waals surface area contributed by atoms with Crippen molar-refractivity contribution in [3.8, 4) is 0 Å². The van der Waals surface area contributed by atoms with E-state index < -0.39 is 23.0 Å². The summed E-state index contributed by atoms with van der Waals surface area (Å²) in [6.07, 6.45) is 1.18. The molecule has 6 nitrogen and oxygen atoms in total. The number of H-pyrrole nitrogens is 1. The van der Waals surface area contributed by atoms with Crippen molar-refractivity contribution in [1.82, 2.24) is 9.55 Å². The Morgan fingerprint density at radius 3 is 2.81 bits per heavy atom. The van der Waals surface area contributed by atoms with E-state index in [2.05, 4.69) is 15.9 Å². The van der Waals surface area contributed by atoms with Crippen molar-refractivity contribution >= 4 is 21.9 Å². The highest BCUT2D eigenvalue weighted by molar-refractivity contribution is 9.10. The van der Waals surface area contributed by atoms with Gasteiger partial charge in [0.25, 0.3) is 5.56 Å². The molecule has 8 heteroatoms. The molecule has 0 saturated heterocycles. The molecule has 0 fully saturated rings. The second-order valence-corrected chi connectivity index (χ2v) is 4.97. The molecule has 0 aliphatic heterocycles. The number of carbonyl (C=O) groups is 1. The minimum absolute atomic E-state index is 0.214. The Labute approximate surface area is 126 Å². The fraction of sp³-hybridized carbons (Fsp3) is 0.154. The van der Waals surface area contributed by atoms with E-state index in [1.54, 1.807) is 6.07 Å². The number of rotatable bonds is 4. The maximum Gasteiger partial charge on any atom is 0.328 e. The SMILES string of the molecule is O=C(Cn1ccc(=O)[nH]c1=O)OCc1cccc(Br)c1F. The highest BCUT2D eigenvalue weighted by Crippen LogP contribution is 2.19. The Kier molecular flexibility index (Phi) is 4.69. The molecular formula is C13H10BrFN2O4. The lowest BCUT2D eigenvalue weighted by molar-refractivity contribution is -0.145. The lowest BCUT2D eigenvalue weighted by atomic mass is 10.2. The van der Waals surface area contributed by atoms with Gasteiger partial charge in [-0.05, 0) is 22.0 Å². The zero-order chi connectivity index (χ0) is 15.4. The van der Waals surface area contributed by atoms with E-state index in [0.717, 1.165) is 10.6 Å². The Morgan fingerprint density at radius 2 is 2.10 bits per heavy atom. The highest BCUT2D eigenvalue weighted by atomic mass is 79.9. The second-order valence-electron chi connectivity index (χ2n) is 4.11. The van der Waals surface area contributed by atoms with Crippen LogP contribution in [0.25, 0.3) is 0 Å². The quantitative estimate of drug-likeness (QED) is 0.834. The standard InChI is InChI=1S/C13H10BrFN2O4/c14-9-3-1-2-8(12(9)15)7-21-11(19)6-17-5-4-10(18)16-13(17)20/h1-5H,6-7H2,(H,16,18,20). The molecule has 1 aromatic carbocycles. The van der Waals surface area contributed by atoms with Crippen molar-refractivity contribution in [2.24, 2.45) is 0 Å². The molecule has 0 radical (unpaired) electrons. The molecule has 21 heavy (non-hydrogen) atoms. The third-order valence-corrected chi connectivity index (χ3v) is 3.23. The first kappa shape index (κ1) is 15.2. The number of benzene rings is 1. The minimum atomic E-state index is -0.719. The number of ether oxygens (including phenoxy) is 1. The Morgan fingerprint density at radius 1 is 1.33 bits per heavy atom. The number of halogens is 2. The van der Waals surface area contributed by atoms with E-state index in [9.17, 15) is 18.8 Å². The number of esters is 1. The van der Waals surface area contributed by atoms with Crippen molar-refractivity contribution in [2.45, 2.75) is 13.2 Å². The van der Waals surface area contributed by atoms with Gasteiger partial charge in [-0.25, -0.2) is 9.18 Å². The number of aromatic amines is 1. The lowest BCUT2D eigenvalue weighted by Crippen LogP contribution is -2.31. The van der Waals surface area contributed by atoms with Gasteiger partial charge in [0.1, 0.15) is 19.0 Å². The second kappa shape index (κ2) is 6.49. The largest absolute Gasteiger partial charge is 0.459 e. The van der Waals surface area contributed by atoms with E-state index in [-0.39, 0.29) is 23.2 Å². The summed E-state index contributed by atoms with van der Waals surface area (Å²) in [5, 5.41) is 0. The zero-order valence-electron chi connectivity index (χ0n) is 10.6. The van der Waals surface area contributed by atoms with Crippen LogP contribution in [0.1, 0.15) is 5.56 Å². The van der Waals surface area contributed by atoms with Gasteiger partial charge in [0.15, 0.2) is 0 Å². The summed E-state index contributed by atoms with van der Waals surface area (Å²) in [7, 11) is 0. The summed E-state index contributed by atoms with van der Waals surface area (Å²) < 4.78 is 19.8. The molecule has 0 unspecified atom stereocenters. The van der Waals surface area contributed by atoms with Gasteiger partial charge < -0.3 is 4.74 Å². The zero-order valence-corrected chi connectivity index (χ0v) is 12.2. The molecule has 1 N–H and O–H groups in total. The van der Waals surface area contributed by atoms with Crippen LogP contribution in [0, 0.1) is 5.82 Å². The molecule has 110 valence electrons. The van der Waals surface area contributed by atoms with Gasteiger partial charge in [0, 0.05) is 17.8 Å². The summed E-state index contributed by atoms with van der Waals surface area (Å²) >= 11 is 3.03. The van der Waals surface area contributed by atoms with Gasteiger partial charge in [-0.3, -0.25) is 19.1 Å². The fourth-order valence-corrected chi connectivity index (χ4v) is 1.98. The Balaban J connectivity index is 2.01. The fourth-order valence-electron chi connectivity index (χ4n) is 1.57. The third kappa shape index (κ3) is 3.88. The number of nitrogens with zero attached hydrogens (tertiary/aromatic N) is 1. The highest BCUT2D eigenvalue weighted by Gasteiger charge is 2.10. The molecule has 0 saturated carbocycles. The lowest BCUT2D eigenvalue weighted by Gasteiger charge is -2.07. The van der Waals surface area contributed by atoms with E-state index in [0.29, 0.717) is 0 Å². The summed E-state index contributed by atoms with van der Waals surface area (Å²) in [6.45, 7) is -0.618. The van der Waals surface area contributed by atoms with Gasteiger partial charge in [0.2, 0.25) is 0 Å². The van der Waals surface area contributed by atoms with E-state index >= 15 is 0 Å². The molecule has 0 spiro atoms. The molecule has 0 aliphatic rings. The van der Waals surface area contributed by atoms with Crippen LogP contribution in [0.4, 0.5) is 4.39 Å². The number of hydrogen-bond acceptors (Lipinski definition) is 4. The van der Waals surface area contributed by atoms with Gasteiger partial charge in [0.05, 0.1) is 4.47 Å². The third-order valence-electron chi connectivity index (χ3n) is 2.62. The van der Waals surface area contributed by atoms with Gasteiger partial charge in [-0.15, -0.1) is 0 Å². The van der Waals surface area contributed by atoms with Crippen molar-refractivity contribution in [1.29, 1.82) is 0 Å². The maximum atomic E-state index is 13.7. The average Bonchev–Trinajstić information content (AvgIpc) is 2.43. The Bertz CT molecular complexity index is 784. The van der Waals surface area contributed by atoms with Gasteiger partial charge in [-0.2, -0.15) is 0 Å². The summed E-state index contributed by atoms with van der Waals surface area (Å²) in [5.41, 5.74) is -1.06. The number of nitrogens with one attached hydrogen (secondary N) is 1. The van der Waals surface area contributed by atoms with Gasteiger partial charge >= 0.3 is 11.7 Å². The van der Waals surface area contributed by atoms with Crippen molar-refractivity contribution in [3.63, 3.8) is 0 Å². The normalized spacial score (nSPS) is 10.4. The average molecular weight is 357 g/mol. The molecule has 2 rings (SSSR count).